The smallest absolute Gasteiger partial charge is 0.268 e. The van der Waals surface area contributed by atoms with Crippen LogP contribution in [0, 0.1) is 18.7 Å². The van der Waals surface area contributed by atoms with E-state index in [1.165, 1.54) is 29.2 Å². The summed E-state index contributed by atoms with van der Waals surface area (Å²) in [5, 5.41) is 7.35. The first kappa shape index (κ1) is 32.5. The van der Waals surface area contributed by atoms with Crippen molar-refractivity contribution in [3.63, 3.8) is 0 Å². The molecule has 5 aromatic rings. The molecule has 1 aromatic carbocycles. The summed E-state index contributed by atoms with van der Waals surface area (Å²) in [6, 6.07) is 12.0. The van der Waals surface area contributed by atoms with Crippen LogP contribution >= 0.6 is 0 Å². The molecule has 1 fully saturated rings. The molecule has 48 heavy (non-hydrogen) atoms. The molecule has 0 aliphatic carbocycles. The van der Waals surface area contributed by atoms with Crippen LogP contribution in [-0.4, -0.2) is 60.5 Å². The third-order valence-corrected chi connectivity index (χ3v) is 8.94. The number of carbonyl (C=O) groups is 2. The zero-order valence-corrected chi connectivity index (χ0v) is 27.1. The number of fused-ring (bicyclic) bond motifs is 1. The van der Waals surface area contributed by atoms with Crippen LogP contribution in [0.25, 0.3) is 22.3 Å². The average Bonchev–Trinajstić information content (AvgIpc) is 3.47. The highest BCUT2D eigenvalue weighted by molar-refractivity contribution is 6.04. The van der Waals surface area contributed by atoms with Gasteiger partial charge in [-0.05, 0) is 68.1 Å². The number of nitrogens with one attached hydrogen (secondary N) is 1. The molecule has 0 unspecified atom stereocenters. The SMILES string of the molecule is Cc1c(CCN)cc(C(=O)Nc2ccc(-c3cc(C4CCN(C(=O)C(C)C)CC4)n4ncnc(N)c34)cc2)c(=O)n1-c1cncc(F)c1. The van der Waals surface area contributed by atoms with Gasteiger partial charge < -0.3 is 21.7 Å². The van der Waals surface area contributed by atoms with Crippen LogP contribution in [0.4, 0.5) is 15.9 Å². The van der Waals surface area contributed by atoms with E-state index in [9.17, 15) is 18.8 Å². The average molecular weight is 652 g/mol. The number of halogens is 1. The predicted molar refractivity (Wildman–Crippen MR) is 181 cm³/mol. The van der Waals surface area contributed by atoms with E-state index >= 15 is 0 Å². The molecule has 4 aromatic heterocycles. The number of hydrogen-bond acceptors (Lipinski definition) is 8. The van der Waals surface area contributed by atoms with E-state index in [1.54, 1.807) is 19.1 Å². The highest BCUT2D eigenvalue weighted by Crippen LogP contribution is 2.37. The Labute approximate surface area is 276 Å². The second-order valence-corrected chi connectivity index (χ2v) is 12.4. The van der Waals surface area contributed by atoms with Crippen LogP contribution in [0.1, 0.15) is 59.9 Å². The van der Waals surface area contributed by atoms with Gasteiger partial charge in [-0.15, -0.1) is 0 Å². The van der Waals surface area contributed by atoms with Crippen molar-refractivity contribution in [1.82, 2.24) is 29.0 Å². The van der Waals surface area contributed by atoms with Crippen molar-refractivity contribution in [3.05, 3.63) is 99.9 Å². The van der Waals surface area contributed by atoms with Gasteiger partial charge in [-0.3, -0.25) is 23.9 Å². The second kappa shape index (κ2) is 13.4. The fourth-order valence-electron chi connectivity index (χ4n) is 6.46. The summed E-state index contributed by atoms with van der Waals surface area (Å²) in [6.45, 7) is 7.22. The van der Waals surface area contributed by atoms with Crippen LogP contribution in [-0.2, 0) is 11.2 Å². The minimum absolute atomic E-state index is 0.0374. The first-order valence-corrected chi connectivity index (χ1v) is 16.0. The molecule has 0 spiro atoms. The maximum absolute atomic E-state index is 14.0. The molecule has 248 valence electrons. The lowest BCUT2D eigenvalue weighted by Gasteiger charge is -2.33. The first-order valence-electron chi connectivity index (χ1n) is 16.0. The highest BCUT2D eigenvalue weighted by atomic mass is 19.1. The lowest BCUT2D eigenvalue weighted by molar-refractivity contribution is -0.135. The Hall–Kier alpha value is -5.43. The topological polar surface area (TPSA) is 167 Å². The van der Waals surface area contributed by atoms with E-state index in [2.05, 4.69) is 26.4 Å². The summed E-state index contributed by atoms with van der Waals surface area (Å²) >= 11 is 0. The van der Waals surface area contributed by atoms with Gasteiger partial charge in [-0.25, -0.2) is 13.9 Å². The summed E-state index contributed by atoms with van der Waals surface area (Å²) in [6.07, 6.45) is 5.89. The van der Waals surface area contributed by atoms with Gasteiger partial charge in [0.15, 0.2) is 5.82 Å². The fraction of sp³-hybridized carbons (Fsp3) is 0.314. The van der Waals surface area contributed by atoms with E-state index in [0.29, 0.717) is 54.3 Å². The van der Waals surface area contributed by atoms with Crippen molar-refractivity contribution >= 4 is 28.8 Å². The summed E-state index contributed by atoms with van der Waals surface area (Å²) < 4.78 is 17.2. The van der Waals surface area contributed by atoms with Gasteiger partial charge in [0, 0.05) is 53.6 Å². The van der Waals surface area contributed by atoms with E-state index in [0.717, 1.165) is 35.9 Å². The molecule has 0 atom stereocenters. The van der Waals surface area contributed by atoms with E-state index in [-0.39, 0.29) is 29.0 Å². The Morgan fingerprint density at radius 2 is 1.81 bits per heavy atom. The Kier molecular flexibility index (Phi) is 9.05. The van der Waals surface area contributed by atoms with Gasteiger partial charge in [0.2, 0.25) is 5.91 Å². The largest absolute Gasteiger partial charge is 0.382 e. The normalized spacial score (nSPS) is 13.8. The number of nitrogen functional groups attached to an aromatic ring is 1. The van der Waals surface area contributed by atoms with Gasteiger partial charge in [-0.1, -0.05) is 26.0 Å². The third kappa shape index (κ3) is 6.16. The first-order chi connectivity index (χ1) is 23.1. The van der Waals surface area contributed by atoms with Crippen LogP contribution < -0.4 is 22.3 Å². The monoisotopic (exact) mass is 651 g/mol. The quantitative estimate of drug-likeness (QED) is 0.226. The number of carbonyl (C=O) groups excluding carboxylic acids is 2. The Morgan fingerprint density at radius 3 is 2.48 bits per heavy atom. The zero-order valence-electron chi connectivity index (χ0n) is 27.1. The van der Waals surface area contributed by atoms with Crippen molar-refractivity contribution in [2.75, 3.05) is 30.7 Å². The van der Waals surface area contributed by atoms with Gasteiger partial charge in [0.25, 0.3) is 11.5 Å². The molecule has 1 aliphatic rings. The third-order valence-electron chi connectivity index (χ3n) is 8.94. The van der Waals surface area contributed by atoms with Crippen LogP contribution in [0.3, 0.4) is 0 Å². The van der Waals surface area contributed by atoms with Gasteiger partial charge in [0.1, 0.15) is 23.2 Å². The summed E-state index contributed by atoms with van der Waals surface area (Å²) in [5.74, 6) is -0.560. The molecule has 2 amide bonds. The molecular formula is C35H38FN9O3. The molecule has 0 radical (unpaired) electrons. The van der Waals surface area contributed by atoms with Crippen LogP contribution in [0.15, 0.2) is 66.0 Å². The minimum atomic E-state index is -0.610. The van der Waals surface area contributed by atoms with Crippen molar-refractivity contribution in [2.24, 2.45) is 11.7 Å². The maximum Gasteiger partial charge on any atom is 0.268 e. The van der Waals surface area contributed by atoms with Crippen LogP contribution in [0.2, 0.25) is 0 Å². The van der Waals surface area contributed by atoms with Gasteiger partial charge in [0.05, 0.1) is 18.1 Å². The van der Waals surface area contributed by atoms with Crippen molar-refractivity contribution in [3.8, 4) is 16.8 Å². The lowest BCUT2D eigenvalue weighted by atomic mass is 9.92. The summed E-state index contributed by atoms with van der Waals surface area (Å²) in [5.41, 5.74) is 16.8. The molecule has 0 saturated carbocycles. The number of pyridine rings is 2. The Morgan fingerprint density at radius 1 is 1.08 bits per heavy atom. The second-order valence-electron chi connectivity index (χ2n) is 12.4. The molecule has 13 heteroatoms. The Balaban J connectivity index is 1.28. The Bertz CT molecular complexity index is 2060. The molecule has 5 heterocycles. The van der Waals surface area contributed by atoms with E-state index in [1.807, 2.05) is 35.4 Å². The molecule has 1 aliphatic heterocycles. The molecule has 6 rings (SSSR count). The molecule has 0 bridgehead atoms. The fourth-order valence-corrected chi connectivity index (χ4v) is 6.46. The number of hydrogen-bond donors (Lipinski definition) is 3. The summed E-state index contributed by atoms with van der Waals surface area (Å²) in [7, 11) is 0. The lowest BCUT2D eigenvalue weighted by Crippen LogP contribution is -2.40. The zero-order chi connectivity index (χ0) is 34.1. The number of amides is 2. The summed E-state index contributed by atoms with van der Waals surface area (Å²) in [4.78, 5) is 49.7. The molecule has 1 saturated heterocycles. The number of aromatic nitrogens is 5. The number of nitrogens with two attached hydrogens (primary N) is 2. The minimum Gasteiger partial charge on any atom is -0.382 e. The van der Waals surface area contributed by atoms with Crippen molar-refractivity contribution < 1.29 is 14.0 Å². The number of rotatable bonds is 8. The van der Waals surface area contributed by atoms with E-state index in [4.69, 9.17) is 11.5 Å². The predicted octanol–water partition coefficient (Wildman–Crippen LogP) is 4.09. The van der Waals surface area contributed by atoms with Gasteiger partial charge >= 0.3 is 0 Å². The number of benzene rings is 1. The maximum atomic E-state index is 14.0. The van der Waals surface area contributed by atoms with Crippen molar-refractivity contribution in [1.29, 1.82) is 0 Å². The number of anilines is 2. The van der Waals surface area contributed by atoms with Gasteiger partial charge in [-0.2, -0.15) is 5.10 Å². The van der Waals surface area contributed by atoms with Crippen LogP contribution in [0.5, 0.6) is 0 Å². The molecule has 12 nitrogen and oxygen atoms in total. The van der Waals surface area contributed by atoms with E-state index < -0.39 is 17.3 Å². The standard InChI is InChI=1S/C35H38FN9O3/c1-20(2)34(47)43-12-9-23(10-13-43)30-16-28(31-32(38)40-19-41-45(30)31)22-4-6-26(7-5-22)42-33(46)29-14-24(8-11-37)21(3)44(35(29)48)27-15-25(36)17-39-18-27/h4-7,14-20,23H,8-13,37H2,1-3H3,(H,42,46)(H2,38,40,41). The number of piperidine rings is 1. The molecule has 5 N–H and O–H groups in total. The van der Waals surface area contributed by atoms with Crippen molar-refractivity contribution in [2.45, 2.75) is 46.0 Å². The number of likely N-dealkylation sites (tertiary alicyclic amines) is 1. The highest BCUT2D eigenvalue weighted by Gasteiger charge is 2.28. The molecular weight excluding hydrogens is 613 g/mol. The number of nitrogens with zero attached hydrogens (tertiary/aromatic N) is 6.